The zero-order valence-electron chi connectivity index (χ0n) is 6.52. The molecule has 0 aromatic heterocycles. The molecule has 1 heterocycles. The van der Waals surface area contributed by atoms with Crippen LogP contribution in [-0.2, 0) is 0 Å². The quantitative estimate of drug-likeness (QED) is 0.654. The molecule has 2 aliphatic rings. The van der Waals surface area contributed by atoms with E-state index in [1.807, 2.05) is 0 Å². The predicted octanol–water partition coefficient (Wildman–Crippen LogP) is 1.63. The number of nitrogens with one attached hydrogen (secondary N) is 1. The molecule has 2 heteroatoms. The van der Waals surface area contributed by atoms with Crippen LogP contribution in [0.4, 0.5) is 0 Å². The second kappa shape index (κ2) is 2.42. The van der Waals surface area contributed by atoms with Gasteiger partial charge in [0.1, 0.15) is 0 Å². The third-order valence-electron chi connectivity index (χ3n) is 2.83. The summed E-state index contributed by atoms with van der Waals surface area (Å²) in [5.74, 6) is 1.40. The van der Waals surface area contributed by atoms with Crippen LogP contribution in [-0.4, -0.2) is 23.6 Å². The van der Waals surface area contributed by atoms with E-state index in [4.69, 9.17) is 0 Å². The summed E-state index contributed by atoms with van der Waals surface area (Å²) in [6.07, 6.45) is 5.73. The van der Waals surface area contributed by atoms with Gasteiger partial charge in [-0.15, -0.1) is 0 Å². The van der Waals surface area contributed by atoms with Crippen LogP contribution in [0.1, 0.15) is 25.7 Å². The minimum absolute atomic E-state index is 0.584. The van der Waals surface area contributed by atoms with Crippen molar-refractivity contribution < 1.29 is 0 Å². The van der Waals surface area contributed by atoms with Gasteiger partial charge < -0.3 is 5.32 Å². The van der Waals surface area contributed by atoms with E-state index < -0.39 is 0 Å². The van der Waals surface area contributed by atoms with E-state index in [0.29, 0.717) is 5.54 Å². The Morgan fingerprint density at radius 2 is 2.30 bits per heavy atom. The Morgan fingerprint density at radius 1 is 1.50 bits per heavy atom. The van der Waals surface area contributed by atoms with E-state index in [9.17, 15) is 0 Å². The fourth-order valence-electron chi connectivity index (χ4n) is 1.88. The van der Waals surface area contributed by atoms with Crippen molar-refractivity contribution in [1.82, 2.24) is 5.32 Å². The van der Waals surface area contributed by atoms with Crippen molar-refractivity contribution in [1.29, 1.82) is 0 Å². The monoisotopic (exact) mass is 157 g/mol. The zero-order valence-corrected chi connectivity index (χ0v) is 7.34. The fourth-order valence-corrected chi connectivity index (χ4v) is 3.50. The highest BCUT2D eigenvalue weighted by molar-refractivity contribution is 8.00. The van der Waals surface area contributed by atoms with E-state index in [0.717, 1.165) is 5.25 Å². The van der Waals surface area contributed by atoms with Crippen LogP contribution >= 0.6 is 11.8 Å². The van der Waals surface area contributed by atoms with Crippen molar-refractivity contribution in [3.05, 3.63) is 0 Å². The van der Waals surface area contributed by atoms with Gasteiger partial charge in [-0.2, -0.15) is 11.8 Å². The van der Waals surface area contributed by atoms with Crippen LogP contribution < -0.4 is 5.32 Å². The van der Waals surface area contributed by atoms with Crippen LogP contribution in [0.5, 0.6) is 0 Å². The van der Waals surface area contributed by atoms with Crippen molar-refractivity contribution in [2.75, 3.05) is 12.8 Å². The first-order valence-electron chi connectivity index (χ1n) is 4.18. The van der Waals surface area contributed by atoms with Gasteiger partial charge in [0.25, 0.3) is 0 Å². The Morgan fingerprint density at radius 3 is 2.70 bits per heavy atom. The number of rotatable bonds is 2. The summed E-state index contributed by atoms with van der Waals surface area (Å²) in [4.78, 5) is 0. The molecule has 0 aromatic carbocycles. The average Bonchev–Trinajstić information content (AvgIpc) is 2.58. The van der Waals surface area contributed by atoms with Crippen LogP contribution in [0, 0.1) is 0 Å². The van der Waals surface area contributed by atoms with Crippen molar-refractivity contribution >= 4 is 11.8 Å². The van der Waals surface area contributed by atoms with Crippen LogP contribution in [0.25, 0.3) is 0 Å². The van der Waals surface area contributed by atoms with Crippen molar-refractivity contribution in [2.45, 2.75) is 36.5 Å². The maximum Gasteiger partial charge on any atom is 0.0298 e. The number of thioether (sulfide) groups is 1. The molecule has 1 aliphatic carbocycles. The second-order valence-electron chi connectivity index (χ2n) is 3.41. The molecule has 1 unspecified atom stereocenters. The first kappa shape index (κ1) is 6.99. The largest absolute Gasteiger partial charge is 0.313 e. The molecule has 0 aromatic rings. The van der Waals surface area contributed by atoms with Gasteiger partial charge in [0, 0.05) is 10.8 Å². The standard InChI is InChI=1S/C8H15NS/c1-9-8(4-5-8)7-3-2-6-10-7/h7,9H,2-6H2,1H3. The van der Waals surface area contributed by atoms with Gasteiger partial charge >= 0.3 is 0 Å². The van der Waals surface area contributed by atoms with Gasteiger partial charge in [-0.25, -0.2) is 0 Å². The molecular formula is C8H15NS. The SMILES string of the molecule is CNC1(C2CCCS2)CC1. The first-order valence-corrected chi connectivity index (χ1v) is 5.23. The van der Waals surface area contributed by atoms with Crippen molar-refractivity contribution in [3.63, 3.8) is 0 Å². The Kier molecular flexibility index (Phi) is 1.69. The molecule has 1 nitrogen and oxygen atoms in total. The number of hydrogen-bond donors (Lipinski definition) is 1. The first-order chi connectivity index (χ1) is 4.87. The minimum Gasteiger partial charge on any atom is -0.313 e. The molecule has 1 atom stereocenters. The molecule has 0 radical (unpaired) electrons. The molecule has 2 fully saturated rings. The Bertz CT molecular complexity index is 125. The van der Waals surface area contributed by atoms with Gasteiger partial charge in [-0.05, 0) is 38.5 Å². The molecule has 1 N–H and O–H groups in total. The molecule has 10 heavy (non-hydrogen) atoms. The molecule has 0 amide bonds. The highest BCUT2D eigenvalue weighted by atomic mass is 32.2. The lowest BCUT2D eigenvalue weighted by molar-refractivity contribution is 0.514. The van der Waals surface area contributed by atoms with Gasteiger partial charge in [0.15, 0.2) is 0 Å². The summed E-state index contributed by atoms with van der Waals surface area (Å²) < 4.78 is 0. The third-order valence-corrected chi connectivity index (χ3v) is 4.45. The highest BCUT2D eigenvalue weighted by Gasteiger charge is 2.48. The topological polar surface area (TPSA) is 12.0 Å². The van der Waals surface area contributed by atoms with Crippen molar-refractivity contribution in [3.8, 4) is 0 Å². The lowest BCUT2D eigenvalue weighted by atomic mass is 10.1. The van der Waals surface area contributed by atoms with Gasteiger partial charge in [-0.3, -0.25) is 0 Å². The van der Waals surface area contributed by atoms with Crippen LogP contribution in [0.15, 0.2) is 0 Å². The lowest BCUT2D eigenvalue weighted by Crippen LogP contribution is -2.36. The van der Waals surface area contributed by atoms with Crippen molar-refractivity contribution in [2.24, 2.45) is 0 Å². The Hall–Kier alpha value is 0.310. The summed E-state index contributed by atoms with van der Waals surface area (Å²) in [6.45, 7) is 0. The number of hydrogen-bond acceptors (Lipinski definition) is 2. The third kappa shape index (κ3) is 0.978. The predicted molar refractivity (Wildman–Crippen MR) is 46.5 cm³/mol. The second-order valence-corrected chi connectivity index (χ2v) is 4.72. The molecule has 1 saturated heterocycles. The zero-order chi connectivity index (χ0) is 7.03. The summed E-state index contributed by atoms with van der Waals surface area (Å²) in [5.41, 5.74) is 0.584. The molecule has 0 spiro atoms. The van der Waals surface area contributed by atoms with Gasteiger partial charge in [0.2, 0.25) is 0 Å². The Labute approximate surface area is 67.0 Å². The Balaban J connectivity index is 1.96. The van der Waals surface area contributed by atoms with Crippen LogP contribution in [0.2, 0.25) is 0 Å². The summed E-state index contributed by atoms with van der Waals surface area (Å²) in [6, 6.07) is 0. The smallest absolute Gasteiger partial charge is 0.0298 e. The lowest BCUT2D eigenvalue weighted by Gasteiger charge is -2.20. The fraction of sp³-hybridized carbons (Fsp3) is 1.00. The normalized spacial score (nSPS) is 36.3. The molecule has 1 aliphatic heterocycles. The van der Waals surface area contributed by atoms with E-state index in [1.54, 1.807) is 0 Å². The van der Waals surface area contributed by atoms with E-state index in [-0.39, 0.29) is 0 Å². The summed E-state index contributed by atoms with van der Waals surface area (Å²) >= 11 is 2.17. The molecule has 0 bridgehead atoms. The minimum atomic E-state index is 0.584. The molecular weight excluding hydrogens is 142 g/mol. The molecule has 1 saturated carbocycles. The van der Waals surface area contributed by atoms with E-state index >= 15 is 0 Å². The summed E-state index contributed by atoms with van der Waals surface area (Å²) in [5, 5.41) is 4.42. The van der Waals surface area contributed by atoms with E-state index in [2.05, 4.69) is 24.1 Å². The summed E-state index contributed by atoms with van der Waals surface area (Å²) in [7, 11) is 2.12. The maximum absolute atomic E-state index is 3.47. The van der Waals surface area contributed by atoms with Gasteiger partial charge in [-0.1, -0.05) is 0 Å². The van der Waals surface area contributed by atoms with Crippen LogP contribution in [0.3, 0.4) is 0 Å². The van der Waals surface area contributed by atoms with E-state index in [1.165, 1.54) is 31.4 Å². The molecule has 2 rings (SSSR count). The highest BCUT2D eigenvalue weighted by Crippen LogP contribution is 2.48. The van der Waals surface area contributed by atoms with Gasteiger partial charge in [0.05, 0.1) is 0 Å². The average molecular weight is 157 g/mol. The molecule has 58 valence electrons. The maximum atomic E-state index is 3.47.